The summed E-state index contributed by atoms with van der Waals surface area (Å²) in [4.78, 5) is 24.4. The number of rotatable bonds is 5. The van der Waals surface area contributed by atoms with Gasteiger partial charge in [0.05, 0.1) is 6.10 Å². The van der Waals surface area contributed by atoms with E-state index in [4.69, 9.17) is 4.74 Å². The molecule has 134 valence electrons. The van der Waals surface area contributed by atoms with E-state index in [2.05, 4.69) is 24.5 Å². The number of carbonyl (C=O) groups excluding carboxylic acids is 1. The molecular weight excluding hydrogens is 306 g/mol. The molecule has 6 heteroatoms. The second-order valence-corrected chi connectivity index (χ2v) is 6.60. The molecule has 1 aromatic heterocycles. The van der Waals surface area contributed by atoms with E-state index in [-0.39, 0.29) is 23.7 Å². The highest BCUT2D eigenvalue weighted by molar-refractivity contribution is 5.90. The molecule has 1 aromatic rings. The summed E-state index contributed by atoms with van der Waals surface area (Å²) in [7, 11) is 1.67. The Morgan fingerprint density at radius 3 is 2.79 bits per heavy atom. The van der Waals surface area contributed by atoms with Crippen LogP contribution in [-0.4, -0.2) is 29.4 Å². The van der Waals surface area contributed by atoms with Crippen molar-refractivity contribution in [2.24, 2.45) is 13.0 Å². The molecule has 2 heterocycles. The quantitative estimate of drug-likeness (QED) is 0.869. The summed E-state index contributed by atoms with van der Waals surface area (Å²) in [5, 5.41) is 5.71. The van der Waals surface area contributed by atoms with Crippen LogP contribution in [0.25, 0.3) is 0 Å². The van der Waals surface area contributed by atoms with Crippen molar-refractivity contribution in [3.05, 3.63) is 28.2 Å². The third-order valence-electron chi connectivity index (χ3n) is 4.94. The fourth-order valence-electron chi connectivity index (χ4n) is 3.31. The molecule has 1 aliphatic heterocycles. The molecule has 2 atom stereocenters. The first-order valence-electron chi connectivity index (χ1n) is 8.81. The first-order valence-corrected chi connectivity index (χ1v) is 8.81. The molecule has 0 bridgehead atoms. The largest absolute Gasteiger partial charge is 0.378 e. The number of hydrogen-bond acceptors (Lipinski definition) is 3. The molecule has 0 spiro atoms. The lowest BCUT2D eigenvalue weighted by Crippen LogP contribution is -2.46. The Bertz CT molecular complexity index is 622. The minimum absolute atomic E-state index is 0.0808. The molecular formula is C18H29N3O3. The Morgan fingerprint density at radius 2 is 2.12 bits per heavy atom. The van der Waals surface area contributed by atoms with Crippen molar-refractivity contribution >= 4 is 11.7 Å². The minimum atomic E-state index is -0.323. The maximum atomic E-state index is 12.3. The van der Waals surface area contributed by atoms with Crippen LogP contribution in [0.4, 0.5) is 10.5 Å². The van der Waals surface area contributed by atoms with E-state index in [0.717, 1.165) is 31.2 Å². The minimum Gasteiger partial charge on any atom is -0.378 e. The topological polar surface area (TPSA) is 72.4 Å². The van der Waals surface area contributed by atoms with Crippen molar-refractivity contribution < 1.29 is 9.53 Å². The van der Waals surface area contributed by atoms with E-state index in [1.807, 2.05) is 13.0 Å². The summed E-state index contributed by atoms with van der Waals surface area (Å²) in [5.41, 5.74) is 0.892. The van der Waals surface area contributed by atoms with Gasteiger partial charge < -0.3 is 19.9 Å². The molecule has 2 N–H and O–H groups in total. The van der Waals surface area contributed by atoms with E-state index < -0.39 is 0 Å². The SMILES string of the molecule is CCC(CC)[C@H]1C[C@@H](NC(=O)Nc2c(C)ccn(C)c2=O)CCO1. The molecule has 0 aliphatic carbocycles. The van der Waals surface area contributed by atoms with Gasteiger partial charge in [-0.25, -0.2) is 4.79 Å². The van der Waals surface area contributed by atoms with Crippen LogP contribution in [-0.2, 0) is 11.8 Å². The summed E-state index contributed by atoms with van der Waals surface area (Å²) in [6.07, 6.45) is 5.69. The van der Waals surface area contributed by atoms with Gasteiger partial charge in [-0.05, 0) is 37.3 Å². The summed E-state index contributed by atoms with van der Waals surface area (Å²) in [6.45, 7) is 6.83. The van der Waals surface area contributed by atoms with Crippen LogP contribution in [0.15, 0.2) is 17.1 Å². The van der Waals surface area contributed by atoms with Gasteiger partial charge in [-0.1, -0.05) is 26.7 Å². The Labute approximate surface area is 143 Å². The number of nitrogens with one attached hydrogen (secondary N) is 2. The molecule has 6 nitrogen and oxygen atoms in total. The lowest BCUT2D eigenvalue weighted by Gasteiger charge is -2.34. The van der Waals surface area contributed by atoms with Crippen molar-refractivity contribution in [3.8, 4) is 0 Å². The standard InChI is InChI=1S/C18H29N3O3/c1-5-13(6-2)15-11-14(8-10-24-15)19-18(23)20-16-12(3)7-9-21(4)17(16)22/h7,9,13-15H,5-6,8,10-11H2,1-4H3,(H2,19,20,23)/t14-,15+/m0/s1. The van der Waals surface area contributed by atoms with Crippen LogP contribution in [0.1, 0.15) is 45.1 Å². The smallest absolute Gasteiger partial charge is 0.319 e. The van der Waals surface area contributed by atoms with Gasteiger partial charge in [-0.15, -0.1) is 0 Å². The lowest BCUT2D eigenvalue weighted by atomic mass is 9.89. The zero-order valence-electron chi connectivity index (χ0n) is 15.1. The summed E-state index contributed by atoms with van der Waals surface area (Å²) >= 11 is 0. The Morgan fingerprint density at radius 1 is 1.42 bits per heavy atom. The van der Waals surface area contributed by atoms with Gasteiger partial charge in [0.1, 0.15) is 5.69 Å². The predicted octanol–water partition coefficient (Wildman–Crippen LogP) is 2.80. The van der Waals surface area contributed by atoms with Crippen LogP contribution in [0.5, 0.6) is 0 Å². The molecule has 1 aliphatic rings. The van der Waals surface area contributed by atoms with Crippen molar-refractivity contribution in [2.75, 3.05) is 11.9 Å². The van der Waals surface area contributed by atoms with Gasteiger partial charge in [-0.3, -0.25) is 4.79 Å². The number of nitrogens with zero attached hydrogens (tertiary/aromatic N) is 1. The van der Waals surface area contributed by atoms with E-state index >= 15 is 0 Å². The lowest BCUT2D eigenvalue weighted by molar-refractivity contribution is -0.0329. The molecule has 0 radical (unpaired) electrons. The van der Waals surface area contributed by atoms with Crippen LogP contribution in [0.3, 0.4) is 0 Å². The zero-order chi connectivity index (χ0) is 17.7. The van der Waals surface area contributed by atoms with Gasteiger partial charge in [0, 0.05) is 25.9 Å². The molecule has 24 heavy (non-hydrogen) atoms. The number of hydrogen-bond donors (Lipinski definition) is 2. The number of pyridine rings is 1. The first-order chi connectivity index (χ1) is 11.5. The molecule has 0 saturated carbocycles. The third-order valence-corrected chi connectivity index (χ3v) is 4.94. The van der Waals surface area contributed by atoms with Gasteiger partial charge in [0.2, 0.25) is 0 Å². The van der Waals surface area contributed by atoms with Crippen LogP contribution >= 0.6 is 0 Å². The van der Waals surface area contributed by atoms with E-state index in [1.54, 1.807) is 13.2 Å². The molecule has 0 aromatic carbocycles. The summed E-state index contributed by atoms with van der Waals surface area (Å²) < 4.78 is 7.34. The Kier molecular flexibility index (Phi) is 6.43. The van der Waals surface area contributed by atoms with Crippen molar-refractivity contribution in [1.82, 2.24) is 9.88 Å². The van der Waals surface area contributed by atoms with Gasteiger partial charge in [0.15, 0.2) is 0 Å². The molecule has 2 amide bonds. The predicted molar refractivity (Wildman–Crippen MR) is 95.4 cm³/mol. The van der Waals surface area contributed by atoms with Crippen LogP contribution < -0.4 is 16.2 Å². The van der Waals surface area contributed by atoms with E-state index in [0.29, 0.717) is 18.2 Å². The second kappa shape index (κ2) is 8.33. The van der Waals surface area contributed by atoms with E-state index in [9.17, 15) is 9.59 Å². The van der Waals surface area contributed by atoms with Gasteiger partial charge >= 0.3 is 6.03 Å². The van der Waals surface area contributed by atoms with Crippen LogP contribution in [0, 0.1) is 12.8 Å². The highest BCUT2D eigenvalue weighted by Gasteiger charge is 2.28. The van der Waals surface area contributed by atoms with Crippen molar-refractivity contribution in [3.63, 3.8) is 0 Å². The number of aromatic nitrogens is 1. The van der Waals surface area contributed by atoms with Crippen molar-refractivity contribution in [1.29, 1.82) is 0 Å². The molecule has 1 fully saturated rings. The maximum absolute atomic E-state index is 12.3. The number of amides is 2. The number of ether oxygens (including phenoxy) is 1. The van der Waals surface area contributed by atoms with Crippen LogP contribution in [0.2, 0.25) is 0 Å². The summed E-state index contributed by atoms with van der Waals surface area (Å²) in [5.74, 6) is 0.529. The molecule has 0 unspecified atom stereocenters. The molecule has 1 saturated heterocycles. The monoisotopic (exact) mass is 335 g/mol. The Balaban J connectivity index is 1.98. The highest BCUT2D eigenvalue weighted by atomic mass is 16.5. The highest BCUT2D eigenvalue weighted by Crippen LogP contribution is 2.25. The number of carbonyl (C=O) groups is 1. The fraction of sp³-hybridized carbons (Fsp3) is 0.667. The average Bonchev–Trinajstić information content (AvgIpc) is 2.57. The molecule has 2 rings (SSSR count). The Hall–Kier alpha value is -1.82. The van der Waals surface area contributed by atoms with Gasteiger partial charge in [0.25, 0.3) is 5.56 Å². The number of anilines is 1. The van der Waals surface area contributed by atoms with Crippen molar-refractivity contribution in [2.45, 2.75) is 58.6 Å². The van der Waals surface area contributed by atoms with E-state index in [1.165, 1.54) is 4.57 Å². The fourth-order valence-corrected chi connectivity index (χ4v) is 3.31. The number of aryl methyl sites for hydroxylation is 2. The summed E-state index contributed by atoms with van der Waals surface area (Å²) in [6, 6.07) is 1.57. The normalized spacial score (nSPS) is 20.9. The number of urea groups is 1. The first kappa shape index (κ1) is 18.5. The zero-order valence-corrected chi connectivity index (χ0v) is 15.1. The second-order valence-electron chi connectivity index (χ2n) is 6.60. The maximum Gasteiger partial charge on any atom is 0.319 e. The van der Waals surface area contributed by atoms with Gasteiger partial charge in [-0.2, -0.15) is 0 Å². The average molecular weight is 335 g/mol. The third kappa shape index (κ3) is 4.38.